The molecule has 0 spiro atoms. The van der Waals surface area contributed by atoms with Crippen LogP contribution in [0.3, 0.4) is 0 Å². The Balaban J connectivity index is 2.58. The van der Waals surface area contributed by atoms with Crippen LogP contribution in [0.15, 0.2) is 5.10 Å². The van der Waals surface area contributed by atoms with Crippen molar-refractivity contribution >= 4 is 17.6 Å². The maximum Gasteiger partial charge on any atom is 0.335 e. The van der Waals surface area contributed by atoms with Crippen LogP contribution >= 0.6 is 0 Å². The van der Waals surface area contributed by atoms with Crippen molar-refractivity contribution in [1.29, 1.82) is 0 Å². The first kappa shape index (κ1) is 9.50. The molecule has 0 aromatic carbocycles. The second-order valence-electron chi connectivity index (χ2n) is 2.62. The summed E-state index contributed by atoms with van der Waals surface area (Å²) in [5.41, 5.74) is 5.34. The van der Waals surface area contributed by atoms with Crippen LogP contribution < -0.4 is 11.1 Å². The quantitative estimate of drug-likeness (QED) is 0.592. The van der Waals surface area contributed by atoms with Crippen LogP contribution in [0.2, 0.25) is 0 Å². The lowest BCUT2D eigenvalue weighted by Gasteiger charge is -2.04. The molecule has 0 aromatic heterocycles. The van der Waals surface area contributed by atoms with E-state index in [1.165, 1.54) is 0 Å². The number of nitrogens with zero attached hydrogens (tertiary/aromatic N) is 2. The number of nitrogens with one attached hydrogen (secondary N) is 1. The predicted molar refractivity (Wildman–Crippen MR) is 47.0 cm³/mol. The highest BCUT2D eigenvalue weighted by Crippen LogP contribution is 2.05. The summed E-state index contributed by atoms with van der Waals surface area (Å²) in [6.45, 7) is 2.76. The zero-order chi connectivity index (χ0) is 9.84. The summed E-state index contributed by atoms with van der Waals surface area (Å²) < 4.78 is 0. The van der Waals surface area contributed by atoms with Crippen molar-refractivity contribution in [2.45, 2.75) is 13.3 Å². The molecule has 0 aromatic rings. The molecule has 0 saturated carbocycles. The molecule has 0 saturated heterocycles. The number of hydrogen-bond donors (Lipinski definition) is 2. The molecular weight excluding hydrogens is 172 g/mol. The third kappa shape index (κ3) is 2.17. The fourth-order valence-electron chi connectivity index (χ4n) is 1.04. The van der Waals surface area contributed by atoms with Crippen molar-refractivity contribution in [3.05, 3.63) is 0 Å². The van der Waals surface area contributed by atoms with Crippen molar-refractivity contribution in [2.75, 3.05) is 13.1 Å². The molecule has 0 atom stereocenters. The maximum absolute atomic E-state index is 11.2. The molecule has 1 heterocycles. The average molecular weight is 184 g/mol. The van der Waals surface area contributed by atoms with Crippen LogP contribution in [0.1, 0.15) is 13.3 Å². The molecule has 1 rings (SSSR count). The van der Waals surface area contributed by atoms with Crippen LogP contribution in [-0.4, -0.2) is 35.7 Å². The van der Waals surface area contributed by atoms with E-state index >= 15 is 0 Å². The van der Waals surface area contributed by atoms with Gasteiger partial charge in [-0.05, 0) is 6.92 Å². The molecule has 0 aliphatic carbocycles. The fourth-order valence-corrected chi connectivity index (χ4v) is 1.04. The van der Waals surface area contributed by atoms with Crippen LogP contribution in [0, 0.1) is 0 Å². The van der Waals surface area contributed by atoms with Gasteiger partial charge in [-0.1, -0.05) is 0 Å². The van der Waals surface area contributed by atoms with E-state index < -0.39 is 6.03 Å². The summed E-state index contributed by atoms with van der Waals surface area (Å²) in [4.78, 5) is 21.8. The van der Waals surface area contributed by atoms with E-state index in [9.17, 15) is 9.59 Å². The monoisotopic (exact) mass is 184 g/mol. The number of hydrogen-bond acceptors (Lipinski definition) is 3. The Morgan fingerprint density at radius 1 is 1.69 bits per heavy atom. The Labute approximate surface area is 75.8 Å². The molecule has 0 unspecified atom stereocenters. The number of hydrazone groups is 1. The molecule has 72 valence electrons. The van der Waals surface area contributed by atoms with Gasteiger partial charge in [0, 0.05) is 13.0 Å². The van der Waals surface area contributed by atoms with Gasteiger partial charge in [0.15, 0.2) is 0 Å². The van der Waals surface area contributed by atoms with E-state index in [0.717, 1.165) is 5.01 Å². The van der Waals surface area contributed by atoms with Crippen LogP contribution in [0.25, 0.3) is 0 Å². The van der Waals surface area contributed by atoms with E-state index in [4.69, 9.17) is 5.73 Å². The van der Waals surface area contributed by atoms with E-state index in [1.807, 2.05) is 6.92 Å². The second-order valence-corrected chi connectivity index (χ2v) is 2.62. The normalized spacial score (nSPS) is 15.5. The molecule has 0 bridgehead atoms. The Hall–Kier alpha value is -1.59. The molecule has 6 nitrogen and oxygen atoms in total. The first-order chi connectivity index (χ1) is 6.15. The fraction of sp³-hybridized carbons (Fsp3) is 0.571. The highest BCUT2D eigenvalue weighted by Gasteiger charge is 2.22. The number of nitrogens with two attached hydrogens (primary N) is 1. The van der Waals surface area contributed by atoms with Crippen LogP contribution in [-0.2, 0) is 4.79 Å². The third-order valence-electron chi connectivity index (χ3n) is 1.66. The van der Waals surface area contributed by atoms with Gasteiger partial charge in [-0.3, -0.25) is 4.79 Å². The van der Waals surface area contributed by atoms with Crippen molar-refractivity contribution in [3.8, 4) is 0 Å². The Morgan fingerprint density at radius 2 is 2.38 bits per heavy atom. The standard InChI is InChI=1S/C7H12N4O2/c1-2-9-6(12)5-3-4-11(10-5)7(8)13/h2-4H2,1H3,(H2,8,13)(H,9,12). The smallest absolute Gasteiger partial charge is 0.335 e. The highest BCUT2D eigenvalue weighted by molar-refractivity contribution is 6.39. The molecule has 1 aliphatic heterocycles. The van der Waals surface area contributed by atoms with Gasteiger partial charge in [0.2, 0.25) is 0 Å². The lowest BCUT2D eigenvalue weighted by Crippen LogP contribution is -2.30. The summed E-state index contributed by atoms with van der Waals surface area (Å²) in [7, 11) is 0. The van der Waals surface area contributed by atoms with Crippen LogP contribution in [0.4, 0.5) is 4.79 Å². The van der Waals surface area contributed by atoms with Crippen molar-refractivity contribution in [2.24, 2.45) is 10.8 Å². The average Bonchev–Trinajstić information content (AvgIpc) is 2.52. The van der Waals surface area contributed by atoms with Crippen molar-refractivity contribution < 1.29 is 9.59 Å². The van der Waals surface area contributed by atoms with Gasteiger partial charge in [0.1, 0.15) is 5.71 Å². The summed E-state index contributed by atoms with van der Waals surface area (Å²) in [6.07, 6.45) is 0.467. The maximum atomic E-state index is 11.2. The van der Waals surface area contributed by atoms with Gasteiger partial charge in [-0.2, -0.15) is 5.10 Å². The molecular formula is C7H12N4O2. The Bertz CT molecular complexity index is 261. The third-order valence-corrected chi connectivity index (χ3v) is 1.66. The molecule has 3 amide bonds. The van der Waals surface area contributed by atoms with E-state index in [0.29, 0.717) is 25.2 Å². The molecule has 0 fully saturated rings. The molecule has 3 N–H and O–H groups in total. The first-order valence-electron chi connectivity index (χ1n) is 4.07. The van der Waals surface area contributed by atoms with Crippen LogP contribution in [0.5, 0.6) is 0 Å². The predicted octanol–water partition coefficient (Wildman–Crippen LogP) is -0.737. The van der Waals surface area contributed by atoms with E-state index in [2.05, 4.69) is 10.4 Å². The van der Waals surface area contributed by atoms with Gasteiger partial charge in [0.25, 0.3) is 5.91 Å². The summed E-state index contributed by atoms with van der Waals surface area (Å²) in [5, 5.41) is 7.46. The number of rotatable bonds is 2. The molecule has 6 heteroatoms. The Morgan fingerprint density at radius 3 is 2.85 bits per heavy atom. The lowest BCUT2D eigenvalue weighted by atomic mass is 10.2. The topological polar surface area (TPSA) is 87.8 Å². The number of amides is 3. The zero-order valence-corrected chi connectivity index (χ0v) is 7.41. The largest absolute Gasteiger partial charge is 0.351 e. The molecule has 1 aliphatic rings. The summed E-state index contributed by atoms with van der Waals surface area (Å²) >= 11 is 0. The zero-order valence-electron chi connectivity index (χ0n) is 7.41. The van der Waals surface area contributed by atoms with Gasteiger partial charge in [0.05, 0.1) is 6.54 Å². The minimum absolute atomic E-state index is 0.230. The van der Waals surface area contributed by atoms with E-state index in [1.54, 1.807) is 0 Å². The van der Waals surface area contributed by atoms with Crippen molar-refractivity contribution in [1.82, 2.24) is 10.3 Å². The Kier molecular flexibility index (Phi) is 2.84. The minimum atomic E-state index is -0.626. The number of carbonyl (C=O) groups excluding carboxylic acids is 2. The van der Waals surface area contributed by atoms with E-state index in [-0.39, 0.29) is 5.91 Å². The number of urea groups is 1. The molecule has 13 heavy (non-hydrogen) atoms. The number of carbonyl (C=O) groups is 2. The van der Waals surface area contributed by atoms with Crippen molar-refractivity contribution in [3.63, 3.8) is 0 Å². The van der Waals surface area contributed by atoms with Gasteiger partial charge < -0.3 is 11.1 Å². The van der Waals surface area contributed by atoms with Gasteiger partial charge in [-0.25, -0.2) is 9.80 Å². The highest BCUT2D eigenvalue weighted by atomic mass is 16.2. The lowest BCUT2D eigenvalue weighted by molar-refractivity contribution is -0.114. The second kappa shape index (κ2) is 3.88. The minimum Gasteiger partial charge on any atom is -0.351 e. The summed E-state index contributed by atoms with van der Waals surface area (Å²) in [6, 6.07) is -0.626. The van der Waals surface area contributed by atoms with Gasteiger partial charge >= 0.3 is 6.03 Å². The number of primary amides is 1. The SMILES string of the molecule is CCNC(=O)C1=NN(C(N)=O)CC1. The first-order valence-corrected chi connectivity index (χ1v) is 4.07. The molecule has 0 radical (unpaired) electrons. The van der Waals surface area contributed by atoms with Gasteiger partial charge in [-0.15, -0.1) is 0 Å². The summed E-state index contributed by atoms with van der Waals surface area (Å²) in [5.74, 6) is -0.230.